The molecule has 124 valence electrons. The maximum Gasteiger partial charge on any atom is 0.410 e. The van der Waals surface area contributed by atoms with E-state index in [1.165, 1.54) is 12.3 Å². The summed E-state index contributed by atoms with van der Waals surface area (Å²) in [7, 11) is 0. The van der Waals surface area contributed by atoms with E-state index in [2.05, 4.69) is 10.3 Å². The van der Waals surface area contributed by atoms with Crippen LogP contribution in [0.25, 0.3) is 0 Å². The summed E-state index contributed by atoms with van der Waals surface area (Å²) in [6.07, 6.45) is 0.886. The second-order valence-electron chi connectivity index (χ2n) is 6.14. The molecule has 0 saturated carbocycles. The van der Waals surface area contributed by atoms with Gasteiger partial charge in [0.2, 0.25) is 0 Å². The summed E-state index contributed by atoms with van der Waals surface area (Å²) in [5.41, 5.74) is 0.269. The molecule has 0 aliphatic carbocycles. The summed E-state index contributed by atoms with van der Waals surface area (Å²) >= 11 is 0. The van der Waals surface area contributed by atoms with Crippen molar-refractivity contribution in [3.05, 3.63) is 29.8 Å². The number of amides is 1. The number of aromatic nitrogens is 1. The average Bonchev–Trinajstić information content (AvgIpc) is 2.42. The molecule has 0 aromatic carbocycles. The zero-order chi connectivity index (χ0) is 16.8. The topological polar surface area (TPSA) is 54.5 Å². The minimum Gasteiger partial charge on any atom is -0.444 e. The molecule has 0 bridgehead atoms. The zero-order valence-corrected chi connectivity index (χ0v) is 14.0. The summed E-state index contributed by atoms with van der Waals surface area (Å²) in [6, 6.07) is 3.02. The number of hydrogen-bond acceptors (Lipinski definition) is 4. The van der Waals surface area contributed by atoms with Crippen molar-refractivity contribution in [1.29, 1.82) is 0 Å². The highest BCUT2D eigenvalue weighted by molar-refractivity contribution is 5.68. The number of pyridine rings is 1. The molecule has 1 amide bonds. The van der Waals surface area contributed by atoms with Crippen LogP contribution in [0.15, 0.2) is 18.3 Å². The molecule has 1 aromatic heterocycles. The summed E-state index contributed by atoms with van der Waals surface area (Å²) in [6.45, 7) is 11.1. The SMILES string of the molecule is CCN(CCNC(C)c1ccc(F)cn1)C(=O)OC(C)(C)C. The lowest BCUT2D eigenvalue weighted by Gasteiger charge is -2.27. The third kappa shape index (κ3) is 6.39. The van der Waals surface area contributed by atoms with E-state index in [0.29, 0.717) is 19.6 Å². The third-order valence-corrected chi connectivity index (χ3v) is 3.06. The highest BCUT2D eigenvalue weighted by Gasteiger charge is 2.20. The molecule has 1 unspecified atom stereocenters. The Hall–Kier alpha value is -1.69. The summed E-state index contributed by atoms with van der Waals surface area (Å²) in [5.74, 6) is -0.349. The van der Waals surface area contributed by atoms with Gasteiger partial charge in [-0.2, -0.15) is 0 Å². The molecule has 0 aliphatic rings. The molecule has 0 saturated heterocycles. The van der Waals surface area contributed by atoms with Crippen molar-refractivity contribution in [2.24, 2.45) is 0 Å². The lowest BCUT2D eigenvalue weighted by molar-refractivity contribution is 0.0261. The Morgan fingerprint density at radius 2 is 2.14 bits per heavy atom. The van der Waals surface area contributed by atoms with Gasteiger partial charge in [0.15, 0.2) is 0 Å². The van der Waals surface area contributed by atoms with E-state index in [9.17, 15) is 9.18 Å². The maximum atomic E-state index is 12.8. The van der Waals surface area contributed by atoms with E-state index in [-0.39, 0.29) is 18.0 Å². The first-order chi connectivity index (χ1) is 10.2. The average molecular weight is 311 g/mol. The Bertz CT molecular complexity index is 471. The smallest absolute Gasteiger partial charge is 0.410 e. The molecule has 1 rings (SSSR count). The quantitative estimate of drug-likeness (QED) is 0.877. The van der Waals surface area contributed by atoms with E-state index >= 15 is 0 Å². The minimum absolute atomic E-state index is 0.0158. The largest absolute Gasteiger partial charge is 0.444 e. The van der Waals surface area contributed by atoms with Crippen molar-refractivity contribution < 1.29 is 13.9 Å². The fourth-order valence-corrected chi connectivity index (χ4v) is 1.87. The number of rotatable bonds is 6. The van der Waals surface area contributed by atoms with Crippen LogP contribution in [0.3, 0.4) is 0 Å². The van der Waals surface area contributed by atoms with Crippen molar-refractivity contribution in [2.45, 2.75) is 46.3 Å². The summed E-state index contributed by atoms with van der Waals surface area (Å²) < 4.78 is 18.2. The van der Waals surface area contributed by atoms with Crippen LogP contribution in [0, 0.1) is 5.82 Å². The molecular weight excluding hydrogens is 285 g/mol. The molecular formula is C16H26FN3O2. The van der Waals surface area contributed by atoms with Gasteiger partial charge in [-0.15, -0.1) is 0 Å². The number of carbonyl (C=O) groups excluding carboxylic acids is 1. The van der Waals surface area contributed by atoms with E-state index < -0.39 is 5.60 Å². The zero-order valence-electron chi connectivity index (χ0n) is 14.0. The van der Waals surface area contributed by atoms with E-state index in [1.54, 1.807) is 11.0 Å². The van der Waals surface area contributed by atoms with Crippen LogP contribution in [-0.4, -0.2) is 41.2 Å². The van der Waals surface area contributed by atoms with Crippen molar-refractivity contribution in [2.75, 3.05) is 19.6 Å². The number of carbonyl (C=O) groups is 1. The Kier molecular flexibility index (Phi) is 6.74. The van der Waals surface area contributed by atoms with Crippen LogP contribution in [0.1, 0.15) is 46.4 Å². The first-order valence-corrected chi connectivity index (χ1v) is 7.55. The fourth-order valence-electron chi connectivity index (χ4n) is 1.87. The van der Waals surface area contributed by atoms with Crippen molar-refractivity contribution >= 4 is 6.09 Å². The second kappa shape index (κ2) is 8.08. The Morgan fingerprint density at radius 1 is 1.45 bits per heavy atom. The number of nitrogens with one attached hydrogen (secondary N) is 1. The molecule has 0 radical (unpaired) electrons. The molecule has 1 aromatic rings. The lowest BCUT2D eigenvalue weighted by Crippen LogP contribution is -2.40. The van der Waals surface area contributed by atoms with Crippen LogP contribution in [0.2, 0.25) is 0 Å². The van der Waals surface area contributed by atoms with Gasteiger partial charge in [0, 0.05) is 25.7 Å². The van der Waals surface area contributed by atoms with Gasteiger partial charge in [0.05, 0.1) is 11.9 Å². The van der Waals surface area contributed by atoms with E-state index in [0.717, 1.165) is 5.69 Å². The highest BCUT2D eigenvalue weighted by atomic mass is 19.1. The van der Waals surface area contributed by atoms with Crippen molar-refractivity contribution in [3.8, 4) is 0 Å². The lowest BCUT2D eigenvalue weighted by atomic mass is 10.2. The molecule has 0 spiro atoms. The van der Waals surface area contributed by atoms with Crippen molar-refractivity contribution in [1.82, 2.24) is 15.2 Å². The van der Waals surface area contributed by atoms with Gasteiger partial charge >= 0.3 is 6.09 Å². The van der Waals surface area contributed by atoms with E-state index in [1.807, 2.05) is 34.6 Å². The first-order valence-electron chi connectivity index (χ1n) is 7.55. The first kappa shape index (κ1) is 18.4. The number of nitrogens with zero attached hydrogens (tertiary/aromatic N) is 2. The Morgan fingerprint density at radius 3 is 2.64 bits per heavy atom. The van der Waals surface area contributed by atoms with Crippen molar-refractivity contribution in [3.63, 3.8) is 0 Å². The highest BCUT2D eigenvalue weighted by Crippen LogP contribution is 2.11. The monoisotopic (exact) mass is 311 g/mol. The third-order valence-electron chi connectivity index (χ3n) is 3.06. The molecule has 0 aliphatic heterocycles. The predicted octanol–water partition coefficient (Wildman–Crippen LogP) is 3.13. The molecule has 6 heteroatoms. The van der Waals surface area contributed by atoms with Gasteiger partial charge in [0.1, 0.15) is 11.4 Å². The van der Waals surface area contributed by atoms with Crippen LogP contribution in [0.4, 0.5) is 9.18 Å². The molecule has 5 nitrogen and oxygen atoms in total. The van der Waals surface area contributed by atoms with Crippen LogP contribution in [0.5, 0.6) is 0 Å². The van der Waals surface area contributed by atoms with Gasteiger partial charge in [0.25, 0.3) is 0 Å². The van der Waals surface area contributed by atoms with Gasteiger partial charge in [-0.3, -0.25) is 4.98 Å². The number of ether oxygens (including phenoxy) is 1. The number of halogens is 1. The second-order valence-corrected chi connectivity index (χ2v) is 6.14. The summed E-state index contributed by atoms with van der Waals surface area (Å²) in [5, 5.41) is 3.27. The molecule has 0 fully saturated rings. The minimum atomic E-state index is -0.497. The normalized spacial score (nSPS) is 12.8. The molecule has 1 atom stereocenters. The molecule has 22 heavy (non-hydrogen) atoms. The standard InChI is InChI=1S/C16H26FN3O2/c1-6-20(15(21)22-16(3,4)5)10-9-18-12(2)14-8-7-13(17)11-19-14/h7-8,11-12,18H,6,9-10H2,1-5H3. The van der Waals surface area contributed by atoms with Gasteiger partial charge < -0.3 is 15.0 Å². The molecule has 1 N–H and O–H groups in total. The Labute approximate surface area is 131 Å². The van der Waals surface area contributed by atoms with Crippen LogP contribution < -0.4 is 5.32 Å². The fraction of sp³-hybridized carbons (Fsp3) is 0.625. The van der Waals surface area contributed by atoms with Crippen LogP contribution in [-0.2, 0) is 4.74 Å². The van der Waals surface area contributed by atoms with E-state index in [4.69, 9.17) is 4.74 Å². The molecule has 1 heterocycles. The van der Waals surface area contributed by atoms with Gasteiger partial charge in [-0.1, -0.05) is 0 Å². The Balaban J connectivity index is 2.43. The maximum absolute atomic E-state index is 12.8. The van der Waals surface area contributed by atoms with Gasteiger partial charge in [-0.25, -0.2) is 9.18 Å². The summed E-state index contributed by atoms with van der Waals surface area (Å²) in [4.78, 5) is 17.7. The van der Waals surface area contributed by atoms with Crippen LogP contribution >= 0.6 is 0 Å². The number of likely N-dealkylation sites (N-methyl/N-ethyl adjacent to an activating group) is 1. The number of hydrogen-bond donors (Lipinski definition) is 1. The van der Waals surface area contributed by atoms with Gasteiger partial charge in [-0.05, 0) is 46.8 Å². The predicted molar refractivity (Wildman–Crippen MR) is 84.1 cm³/mol.